The Kier molecular flexibility index (Phi) is 2.67. The number of benzene rings is 1. The van der Waals surface area contributed by atoms with Crippen molar-refractivity contribution in [1.82, 2.24) is 4.98 Å². The number of nitrogens with zero attached hydrogens (tertiary/aromatic N) is 1. The summed E-state index contributed by atoms with van der Waals surface area (Å²) in [6.45, 7) is 0. The maximum Gasteiger partial charge on any atom is 0.0811 e. The topological polar surface area (TPSA) is 33.1 Å². The smallest absolute Gasteiger partial charge is 0.0811 e. The molecule has 0 radical (unpaired) electrons. The lowest BCUT2D eigenvalue weighted by molar-refractivity contribution is 0.0148. The van der Waals surface area contributed by atoms with Crippen molar-refractivity contribution in [1.29, 1.82) is 0 Å². The van der Waals surface area contributed by atoms with E-state index in [0.717, 1.165) is 37.8 Å². The molecule has 1 aromatic carbocycles. The van der Waals surface area contributed by atoms with Gasteiger partial charge in [0, 0.05) is 30.7 Å². The highest BCUT2D eigenvalue weighted by atomic mass is 16.3. The predicted molar refractivity (Wildman–Crippen MR) is 78.7 cm³/mol. The molecule has 2 aliphatic rings. The molecule has 0 spiro atoms. The van der Waals surface area contributed by atoms with Crippen molar-refractivity contribution in [2.75, 3.05) is 0 Å². The lowest BCUT2D eigenvalue weighted by atomic mass is 9.74. The number of hydrogen-bond donors (Lipinski definition) is 1. The molecule has 0 fully saturated rings. The van der Waals surface area contributed by atoms with E-state index in [4.69, 9.17) is 0 Å². The first-order chi connectivity index (χ1) is 9.76. The molecule has 1 aromatic heterocycles. The van der Waals surface area contributed by atoms with Gasteiger partial charge in [0.15, 0.2) is 0 Å². The van der Waals surface area contributed by atoms with Crippen molar-refractivity contribution in [2.24, 2.45) is 0 Å². The average molecular weight is 265 g/mol. The Morgan fingerprint density at radius 2 is 1.70 bits per heavy atom. The minimum Gasteiger partial charge on any atom is -0.388 e. The third kappa shape index (κ3) is 1.79. The lowest BCUT2D eigenvalue weighted by Crippen LogP contribution is -2.39. The van der Waals surface area contributed by atoms with Gasteiger partial charge in [-0.15, -0.1) is 0 Å². The molecule has 2 aliphatic carbocycles. The molecule has 1 atom stereocenters. The van der Waals surface area contributed by atoms with E-state index in [2.05, 4.69) is 35.3 Å². The van der Waals surface area contributed by atoms with Crippen molar-refractivity contribution in [2.45, 2.75) is 43.6 Å². The van der Waals surface area contributed by atoms with Gasteiger partial charge in [-0.2, -0.15) is 0 Å². The Hall–Kier alpha value is -1.67. The van der Waals surface area contributed by atoms with Crippen LogP contribution in [0.15, 0.2) is 42.6 Å². The van der Waals surface area contributed by atoms with Gasteiger partial charge in [0.05, 0.1) is 5.60 Å². The minimum atomic E-state index is -0.646. The molecule has 2 nitrogen and oxygen atoms in total. The second-order valence-corrected chi connectivity index (χ2v) is 6.22. The van der Waals surface area contributed by atoms with Gasteiger partial charge in [-0.1, -0.05) is 30.3 Å². The Labute approximate surface area is 119 Å². The molecule has 0 saturated heterocycles. The summed E-state index contributed by atoms with van der Waals surface area (Å²) < 4.78 is 0. The van der Waals surface area contributed by atoms with Gasteiger partial charge in [0.25, 0.3) is 0 Å². The zero-order valence-electron chi connectivity index (χ0n) is 11.5. The molecule has 1 heterocycles. The number of rotatable bonds is 1. The Morgan fingerprint density at radius 3 is 2.45 bits per heavy atom. The van der Waals surface area contributed by atoms with Crippen LogP contribution in [0.5, 0.6) is 0 Å². The van der Waals surface area contributed by atoms with Crippen molar-refractivity contribution in [3.8, 4) is 0 Å². The van der Waals surface area contributed by atoms with Crippen LogP contribution < -0.4 is 0 Å². The van der Waals surface area contributed by atoms with E-state index in [1.165, 1.54) is 16.7 Å². The third-order valence-electron chi connectivity index (χ3n) is 4.96. The highest BCUT2D eigenvalue weighted by molar-refractivity contribution is 5.39. The summed E-state index contributed by atoms with van der Waals surface area (Å²) in [5, 5.41) is 11.2. The van der Waals surface area contributed by atoms with Crippen LogP contribution in [0.25, 0.3) is 0 Å². The second-order valence-electron chi connectivity index (χ2n) is 6.22. The fourth-order valence-corrected chi connectivity index (χ4v) is 4.00. The highest BCUT2D eigenvalue weighted by Gasteiger charge is 2.44. The monoisotopic (exact) mass is 265 g/mol. The molecule has 20 heavy (non-hydrogen) atoms. The van der Waals surface area contributed by atoms with Crippen molar-refractivity contribution >= 4 is 0 Å². The van der Waals surface area contributed by atoms with Crippen LogP contribution in [-0.2, 0) is 19.3 Å². The van der Waals surface area contributed by atoms with Crippen LogP contribution in [-0.4, -0.2) is 15.7 Å². The summed E-state index contributed by atoms with van der Waals surface area (Å²) in [5.41, 5.74) is 4.42. The molecule has 0 saturated carbocycles. The maximum absolute atomic E-state index is 11.2. The van der Waals surface area contributed by atoms with Gasteiger partial charge in [0.2, 0.25) is 0 Å². The van der Waals surface area contributed by atoms with Gasteiger partial charge < -0.3 is 5.11 Å². The molecule has 102 valence electrons. The summed E-state index contributed by atoms with van der Waals surface area (Å²) in [5.74, 6) is 0.180. The first kappa shape index (κ1) is 12.1. The predicted octanol–water partition coefficient (Wildman–Crippen LogP) is 3.03. The number of aryl methyl sites for hydroxylation is 1. The quantitative estimate of drug-likeness (QED) is 0.859. The van der Waals surface area contributed by atoms with Crippen molar-refractivity contribution in [3.63, 3.8) is 0 Å². The largest absolute Gasteiger partial charge is 0.388 e. The number of aliphatic hydroxyl groups is 1. The summed E-state index contributed by atoms with van der Waals surface area (Å²) >= 11 is 0. The first-order valence-electron chi connectivity index (χ1n) is 7.49. The fraction of sp³-hybridized carbons (Fsp3) is 0.389. The van der Waals surface area contributed by atoms with E-state index in [0.29, 0.717) is 0 Å². The van der Waals surface area contributed by atoms with Crippen molar-refractivity contribution < 1.29 is 5.11 Å². The fourth-order valence-electron chi connectivity index (χ4n) is 4.00. The number of hydrogen-bond acceptors (Lipinski definition) is 2. The van der Waals surface area contributed by atoms with E-state index < -0.39 is 5.60 Å². The van der Waals surface area contributed by atoms with Crippen LogP contribution in [0.2, 0.25) is 0 Å². The zero-order chi connectivity index (χ0) is 13.6. The molecule has 1 unspecified atom stereocenters. The van der Waals surface area contributed by atoms with Gasteiger partial charge >= 0.3 is 0 Å². The number of aromatic nitrogens is 1. The number of pyridine rings is 1. The Balaban J connectivity index is 1.73. The molecular formula is C18H19NO. The van der Waals surface area contributed by atoms with Gasteiger partial charge in [-0.05, 0) is 42.0 Å². The molecule has 2 heteroatoms. The van der Waals surface area contributed by atoms with Crippen LogP contribution in [0.4, 0.5) is 0 Å². The molecular weight excluding hydrogens is 246 g/mol. The Morgan fingerprint density at radius 1 is 1.00 bits per heavy atom. The Bertz CT molecular complexity index is 624. The summed E-state index contributed by atoms with van der Waals surface area (Å²) in [6.07, 6.45) is 6.70. The molecule has 0 amide bonds. The third-order valence-corrected chi connectivity index (χ3v) is 4.96. The van der Waals surface area contributed by atoms with Crippen LogP contribution >= 0.6 is 0 Å². The summed E-state index contributed by atoms with van der Waals surface area (Å²) in [7, 11) is 0. The van der Waals surface area contributed by atoms with E-state index in [1.807, 2.05) is 12.3 Å². The average Bonchev–Trinajstić information content (AvgIpc) is 2.84. The summed E-state index contributed by atoms with van der Waals surface area (Å²) in [6, 6.07) is 12.6. The van der Waals surface area contributed by atoms with Gasteiger partial charge in [-0.3, -0.25) is 4.98 Å². The van der Waals surface area contributed by atoms with Gasteiger partial charge in [0.1, 0.15) is 0 Å². The standard InChI is InChI=1S/C18H19NO/c20-18(11-14-5-1-2-6-15(14)12-18)16-9-3-7-13-8-4-10-19-17(13)16/h1-2,4-6,8,10,16,20H,3,7,9,11-12H2. The number of fused-ring (bicyclic) bond motifs is 2. The molecule has 2 aromatic rings. The van der Waals surface area contributed by atoms with Gasteiger partial charge in [-0.25, -0.2) is 0 Å². The second kappa shape index (κ2) is 4.42. The van der Waals surface area contributed by atoms with Crippen LogP contribution in [0.1, 0.15) is 41.1 Å². The zero-order valence-corrected chi connectivity index (χ0v) is 11.5. The lowest BCUT2D eigenvalue weighted by Gasteiger charge is -2.36. The van der Waals surface area contributed by atoms with Crippen molar-refractivity contribution in [3.05, 3.63) is 65.0 Å². The summed E-state index contributed by atoms with van der Waals surface area (Å²) in [4.78, 5) is 4.59. The van der Waals surface area contributed by atoms with Crippen LogP contribution in [0, 0.1) is 0 Å². The molecule has 0 bridgehead atoms. The first-order valence-corrected chi connectivity index (χ1v) is 7.49. The normalized spacial score (nSPS) is 23.1. The van der Waals surface area contributed by atoms with E-state index >= 15 is 0 Å². The SMILES string of the molecule is OC1(C2CCCc3cccnc32)Cc2ccccc2C1. The van der Waals surface area contributed by atoms with Crippen LogP contribution in [0.3, 0.4) is 0 Å². The molecule has 1 N–H and O–H groups in total. The van der Waals surface area contributed by atoms with E-state index in [9.17, 15) is 5.11 Å². The molecule has 0 aliphatic heterocycles. The van der Waals surface area contributed by atoms with E-state index in [1.54, 1.807) is 0 Å². The maximum atomic E-state index is 11.2. The van der Waals surface area contributed by atoms with E-state index in [-0.39, 0.29) is 5.92 Å². The molecule has 4 rings (SSSR count). The minimum absolute atomic E-state index is 0.180. The highest BCUT2D eigenvalue weighted by Crippen LogP contribution is 2.44.